The number of hydrogen-bond acceptors (Lipinski definition) is 6. The molecule has 0 aliphatic carbocycles. The van der Waals surface area contributed by atoms with Crippen LogP contribution in [0.1, 0.15) is 16.1 Å². The molecule has 1 amide bonds. The maximum absolute atomic E-state index is 13.0. The molecule has 2 aromatic rings. The van der Waals surface area contributed by atoms with Gasteiger partial charge in [0.05, 0.1) is 16.6 Å². The van der Waals surface area contributed by atoms with Crippen molar-refractivity contribution in [2.45, 2.75) is 6.61 Å². The number of ether oxygens (including phenoxy) is 1. The number of hydrazine groups is 1. The van der Waals surface area contributed by atoms with E-state index in [1.807, 2.05) is 5.43 Å². The predicted molar refractivity (Wildman–Crippen MR) is 67.7 cm³/mol. The molecule has 2 rings (SSSR count). The van der Waals surface area contributed by atoms with Crippen LogP contribution in [0, 0.1) is 15.9 Å². The van der Waals surface area contributed by atoms with Gasteiger partial charge in [-0.2, -0.15) is 0 Å². The SMILES string of the molecule is NNC(=O)c1coc(COc2ccc(F)cc2[N+](=O)[O-])c1. The lowest BCUT2D eigenvalue weighted by molar-refractivity contribution is -0.386. The van der Waals surface area contributed by atoms with Gasteiger partial charge in [-0.3, -0.25) is 20.3 Å². The Bertz CT molecular complexity index is 685. The van der Waals surface area contributed by atoms with E-state index in [1.54, 1.807) is 0 Å². The zero-order valence-corrected chi connectivity index (χ0v) is 10.5. The summed E-state index contributed by atoms with van der Waals surface area (Å²) in [4.78, 5) is 21.2. The van der Waals surface area contributed by atoms with Crippen molar-refractivity contribution in [1.29, 1.82) is 0 Å². The van der Waals surface area contributed by atoms with Crippen molar-refractivity contribution in [1.82, 2.24) is 5.43 Å². The molecule has 0 radical (unpaired) electrons. The van der Waals surface area contributed by atoms with Crippen molar-refractivity contribution < 1.29 is 23.3 Å². The number of carbonyl (C=O) groups is 1. The second kappa shape index (κ2) is 6.01. The Balaban J connectivity index is 2.11. The van der Waals surface area contributed by atoms with Crippen LogP contribution in [0.5, 0.6) is 5.75 Å². The molecule has 0 saturated carbocycles. The number of furan rings is 1. The Morgan fingerprint density at radius 1 is 1.48 bits per heavy atom. The fourth-order valence-corrected chi connectivity index (χ4v) is 1.56. The summed E-state index contributed by atoms with van der Waals surface area (Å²) in [5.74, 6) is 3.83. The van der Waals surface area contributed by atoms with E-state index in [-0.39, 0.29) is 23.7 Å². The number of nitro groups is 1. The van der Waals surface area contributed by atoms with Gasteiger partial charge in [-0.1, -0.05) is 0 Å². The zero-order valence-electron chi connectivity index (χ0n) is 10.5. The van der Waals surface area contributed by atoms with Gasteiger partial charge < -0.3 is 9.15 Å². The summed E-state index contributed by atoms with van der Waals surface area (Å²) in [5.41, 5.74) is 1.61. The molecule has 0 aliphatic rings. The second-order valence-electron chi connectivity index (χ2n) is 3.93. The summed E-state index contributed by atoms with van der Waals surface area (Å²) in [6, 6.07) is 4.31. The lowest BCUT2D eigenvalue weighted by atomic mass is 10.3. The third kappa shape index (κ3) is 3.34. The Morgan fingerprint density at radius 3 is 2.90 bits per heavy atom. The maximum Gasteiger partial charge on any atom is 0.313 e. The highest BCUT2D eigenvalue weighted by atomic mass is 19.1. The molecule has 0 bridgehead atoms. The minimum atomic E-state index is -0.756. The van der Waals surface area contributed by atoms with E-state index >= 15 is 0 Å². The number of nitrogens with zero attached hydrogens (tertiary/aromatic N) is 1. The minimum Gasteiger partial charge on any atom is -0.479 e. The normalized spacial score (nSPS) is 10.2. The number of benzene rings is 1. The van der Waals surface area contributed by atoms with E-state index in [2.05, 4.69) is 0 Å². The summed E-state index contributed by atoms with van der Waals surface area (Å²) in [7, 11) is 0. The number of carbonyl (C=O) groups excluding carboxylic acids is 1. The van der Waals surface area contributed by atoms with E-state index in [9.17, 15) is 19.3 Å². The molecule has 110 valence electrons. The molecular formula is C12H10FN3O5. The number of halogens is 1. The molecule has 21 heavy (non-hydrogen) atoms. The van der Waals surface area contributed by atoms with Crippen molar-refractivity contribution in [2.24, 2.45) is 5.84 Å². The van der Waals surface area contributed by atoms with Gasteiger partial charge in [-0.15, -0.1) is 0 Å². The highest BCUT2D eigenvalue weighted by molar-refractivity contribution is 5.93. The molecule has 0 spiro atoms. The number of nitro benzene ring substituents is 1. The van der Waals surface area contributed by atoms with Gasteiger partial charge in [-0.05, 0) is 18.2 Å². The first-order chi connectivity index (χ1) is 10.0. The first-order valence-corrected chi connectivity index (χ1v) is 5.66. The molecule has 1 aromatic heterocycles. The standard InChI is InChI=1S/C12H10FN3O5/c13-8-1-2-11(10(4-8)16(18)19)21-6-9-3-7(5-20-9)12(17)15-14/h1-5H,6,14H2,(H,15,17). The number of nitrogens with one attached hydrogen (secondary N) is 1. The van der Waals surface area contributed by atoms with Gasteiger partial charge in [0.2, 0.25) is 0 Å². The molecule has 8 nitrogen and oxygen atoms in total. The molecule has 0 atom stereocenters. The van der Waals surface area contributed by atoms with Crippen LogP contribution in [0.4, 0.5) is 10.1 Å². The van der Waals surface area contributed by atoms with Gasteiger partial charge in [0.25, 0.3) is 5.91 Å². The van der Waals surface area contributed by atoms with Gasteiger partial charge in [0, 0.05) is 0 Å². The Morgan fingerprint density at radius 2 is 2.24 bits per heavy atom. The third-order valence-corrected chi connectivity index (χ3v) is 2.53. The molecule has 0 fully saturated rings. The lowest BCUT2D eigenvalue weighted by Gasteiger charge is -2.04. The molecule has 1 heterocycles. The van der Waals surface area contributed by atoms with E-state index < -0.39 is 22.3 Å². The number of hydrogen-bond donors (Lipinski definition) is 2. The van der Waals surface area contributed by atoms with E-state index in [0.29, 0.717) is 0 Å². The van der Waals surface area contributed by atoms with Crippen LogP contribution >= 0.6 is 0 Å². The van der Waals surface area contributed by atoms with Crippen LogP contribution in [0.3, 0.4) is 0 Å². The predicted octanol–water partition coefficient (Wildman–Crippen LogP) is 1.51. The lowest BCUT2D eigenvalue weighted by Crippen LogP contribution is -2.29. The van der Waals surface area contributed by atoms with Crippen LogP contribution in [0.15, 0.2) is 34.9 Å². The fourth-order valence-electron chi connectivity index (χ4n) is 1.56. The summed E-state index contributed by atoms with van der Waals surface area (Å²) in [6.45, 7) is -0.162. The molecule has 1 aromatic carbocycles. The first kappa shape index (κ1) is 14.5. The first-order valence-electron chi connectivity index (χ1n) is 5.66. The average molecular weight is 295 g/mol. The number of nitrogens with two attached hydrogens (primary N) is 1. The molecule has 0 unspecified atom stereocenters. The van der Waals surface area contributed by atoms with E-state index in [4.69, 9.17) is 15.0 Å². The smallest absolute Gasteiger partial charge is 0.313 e. The third-order valence-electron chi connectivity index (χ3n) is 2.53. The highest BCUT2D eigenvalue weighted by Crippen LogP contribution is 2.28. The van der Waals surface area contributed by atoms with Crippen LogP contribution in [-0.2, 0) is 6.61 Å². The van der Waals surface area contributed by atoms with Gasteiger partial charge in [-0.25, -0.2) is 10.2 Å². The topological polar surface area (TPSA) is 121 Å². The van der Waals surface area contributed by atoms with Crippen molar-refractivity contribution in [2.75, 3.05) is 0 Å². The largest absolute Gasteiger partial charge is 0.479 e. The molecule has 3 N–H and O–H groups in total. The van der Waals surface area contributed by atoms with Gasteiger partial charge in [0.15, 0.2) is 5.75 Å². The molecule has 9 heteroatoms. The van der Waals surface area contributed by atoms with Crippen molar-refractivity contribution >= 4 is 11.6 Å². The Kier molecular flexibility index (Phi) is 4.14. The second-order valence-corrected chi connectivity index (χ2v) is 3.93. The molecular weight excluding hydrogens is 285 g/mol. The quantitative estimate of drug-likeness (QED) is 0.373. The Hall–Kier alpha value is -2.94. The van der Waals surface area contributed by atoms with Crippen molar-refractivity contribution in [3.05, 3.63) is 57.8 Å². The van der Waals surface area contributed by atoms with E-state index in [0.717, 1.165) is 18.2 Å². The van der Waals surface area contributed by atoms with Crippen LogP contribution in [0.25, 0.3) is 0 Å². The zero-order chi connectivity index (χ0) is 15.4. The van der Waals surface area contributed by atoms with Crippen LogP contribution in [0.2, 0.25) is 0 Å². The van der Waals surface area contributed by atoms with Crippen LogP contribution in [-0.4, -0.2) is 10.8 Å². The van der Waals surface area contributed by atoms with Crippen molar-refractivity contribution in [3.8, 4) is 5.75 Å². The number of amides is 1. The van der Waals surface area contributed by atoms with Crippen LogP contribution < -0.4 is 16.0 Å². The monoisotopic (exact) mass is 295 g/mol. The van der Waals surface area contributed by atoms with Gasteiger partial charge >= 0.3 is 5.69 Å². The number of rotatable bonds is 5. The maximum atomic E-state index is 13.0. The average Bonchev–Trinajstić information content (AvgIpc) is 2.93. The summed E-state index contributed by atoms with van der Waals surface area (Å²) in [5, 5.41) is 10.8. The fraction of sp³-hybridized carbons (Fsp3) is 0.0833. The Labute approximate surface area is 117 Å². The van der Waals surface area contributed by atoms with Crippen molar-refractivity contribution in [3.63, 3.8) is 0 Å². The summed E-state index contributed by atoms with van der Waals surface area (Å²) in [6.07, 6.45) is 1.17. The summed E-state index contributed by atoms with van der Waals surface area (Å²) < 4.78 is 23.2. The number of nitrogen functional groups attached to an aromatic ring is 1. The van der Waals surface area contributed by atoms with Gasteiger partial charge in [0.1, 0.15) is 24.4 Å². The minimum absolute atomic E-state index is 0.109. The van der Waals surface area contributed by atoms with E-state index in [1.165, 1.54) is 12.3 Å². The highest BCUT2D eigenvalue weighted by Gasteiger charge is 2.17. The molecule has 0 aliphatic heterocycles. The molecule has 0 saturated heterocycles. The summed E-state index contributed by atoms with van der Waals surface area (Å²) >= 11 is 0.